The molecule has 2 rings (SSSR count). The van der Waals surface area contributed by atoms with Gasteiger partial charge in [-0.25, -0.2) is 4.98 Å². The van der Waals surface area contributed by atoms with Gasteiger partial charge in [0.1, 0.15) is 5.03 Å². The van der Waals surface area contributed by atoms with Crippen molar-refractivity contribution in [1.29, 1.82) is 0 Å². The summed E-state index contributed by atoms with van der Waals surface area (Å²) in [5.41, 5.74) is 0. The Balaban J connectivity index is 2.06. The summed E-state index contributed by atoms with van der Waals surface area (Å²) in [4.78, 5) is 17.6. The number of hydrogen-bond acceptors (Lipinski definition) is 9. The molecular formula is C16H23ClN6O2S. The number of pyridine rings is 1. The maximum absolute atomic E-state index is 5.88. The fourth-order valence-corrected chi connectivity index (χ4v) is 2.71. The molecule has 0 fully saturated rings. The second kappa shape index (κ2) is 11.8. The molecule has 2 heterocycles. The van der Waals surface area contributed by atoms with E-state index in [9.17, 15) is 0 Å². The molecule has 0 atom stereocenters. The van der Waals surface area contributed by atoms with Gasteiger partial charge in [-0.15, -0.1) is 0 Å². The predicted octanol–water partition coefficient (Wildman–Crippen LogP) is 2.97. The van der Waals surface area contributed by atoms with E-state index in [1.807, 2.05) is 6.07 Å². The Labute approximate surface area is 162 Å². The van der Waals surface area contributed by atoms with Crippen LogP contribution in [-0.4, -0.2) is 60.5 Å². The summed E-state index contributed by atoms with van der Waals surface area (Å²) in [7, 11) is 3.36. The Morgan fingerprint density at radius 3 is 2.08 bits per heavy atom. The lowest BCUT2D eigenvalue weighted by molar-refractivity contribution is 0.197. The zero-order chi connectivity index (χ0) is 18.6. The Kier molecular flexibility index (Phi) is 9.40. The lowest BCUT2D eigenvalue weighted by Gasteiger charge is -2.10. The maximum atomic E-state index is 5.88. The minimum atomic E-state index is 0.516. The highest BCUT2D eigenvalue weighted by Gasteiger charge is 2.09. The second-order valence-electron chi connectivity index (χ2n) is 5.23. The summed E-state index contributed by atoms with van der Waals surface area (Å²) in [5.74, 6) is 1.03. The average molecular weight is 399 g/mol. The van der Waals surface area contributed by atoms with Gasteiger partial charge in [-0.2, -0.15) is 15.0 Å². The standard InChI is InChI=1S/C16H23ClN6O2S/c1-24-9-3-7-18-14-21-15(19-8-4-10-25-2)23-16(22-14)26-13-6-5-12(17)11-20-13/h5-6,11H,3-4,7-10H2,1-2H3,(H2,18,19,21,22,23). The predicted molar refractivity (Wildman–Crippen MR) is 103 cm³/mol. The van der Waals surface area contributed by atoms with Crippen molar-refractivity contribution in [3.63, 3.8) is 0 Å². The number of nitrogens with one attached hydrogen (secondary N) is 2. The third-order valence-corrected chi connectivity index (χ3v) is 4.17. The number of rotatable bonds is 12. The van der Waals surface area contributed by atoms with Gasteiger partial charge in [-0.1, -0.05) is 11.6 Å². The van der Waals surface area contributed by atoms with Crippen molar-refractivity contribution in [3.8, 4) is 0 Å². The molecule has 0 bridgehead atoms. The first-order valence-electron chi connectivity index (χ1n) is 8.22. The van der Waals surface area contributed by atoms with Crippen molar-refractivity contribution in [2.24, 2.45) is 0 Å². The molecule has 10 heteroatoms. The molecule has 0 spiro atoms. The first kappa shape index (κ1) is 20.6. The van der Waals surface area contributed by atoms with Crippen molar-refractivity contribution in [3.05, 3.63) is 23.4 Å². The topological polar surface area (TPSA) is 94.1 Å². The van der Waals surface area contributed by atoms with Gasteiger partial charge >= 0.3 is 0 Å². The summed E-state index contributed by atoms with van der Waals surface area (Å²) in [5, 5.41) is 8.29. The van der Waals surface area contributed by atoms with E-state index in [0.717, 1.165) is 17.9 Å². The Bertz CT molecular complexity index is 631. The molecule has 142 valence electrons. The normalized spacial score (nSPS) is 10.7. The van der Waals surface area contributed by atoms with Gasteiger partial charge in [0.15, 0.2) is 0 Å². The minimum absolute atomic E-state index is 0.516. The first-order valence-corrected chi connectivity index (χ1v) is 9.42. The van der Waals surface area contributed by atoms with Crippen molar-refractivity contribution >= 4 is 35.3 Å². The summed E-state index contributed by atoms with van der Waals surface area (Å²) in [6.07, 6.45) is 3.32. The van der Waals surface area contributed by atoms with Crippen LogP contribution in [0.15, 0.2) is 28.5 Å². The third-order valence-electron chi connectivity index (χ3n) is 3.13. The Hall–Kier alpha value is -1.68. The van der Waals surface area contributed by atoms with Gasteiger partial charge in [-0.05, 0) is 36.7 Å². The molecule has 0 saturated carbocycles. The van der Waals surface area contributed by atoms with Gasteiger partial charge in [0.2, 0.25) is 17.1 Å². The molecular weight excluding hydrogens is 376 g/mol. The van der Waals surface area contributed by atoms with E-state index in [4.69, 9.17) is 21.1 Å². The number of anilines is 2. The molecule has 0 aliphatic rings. The zero-order valence-corrected chi connectivity index (χ0v) is 16.4. The van der Waals surface area contributed by atoms with Crippen LogP contribution in [0.25, 0.3) is 0 Å². The van der Waals surface area contributed by atoms with Crippen LogP contribution in [0.5, 0.6) is 0 Å². The van der Waals surface area contributed by atoms with E-state index in [0.29, 0.717) is 48.4 Å². The minimum Gasteiger partial charge on any atom is -0.385 e. The van der Waals surface area contributed by atoms with E-state index in [2.05, 4.69) is 30.6 Å². The summed E-state index contributed by atoms with van der Waals surface area (Å²) < 4.78 is 10.1. The van der Waals surface area contributed by atoms with Crippen LogP contribution in [0.4, 0.5) is 11.9 Å². The fraction of sp³-hybridized carbons (Fsp3) is 0.500. The van der Waals surface area contributed by atoms with Gasteiger partial charge in [-0.3, -0.25) is 0 Å². The molecule has 0 radical (unpaired) electrons. The van der Waals surface area contributed by atoms with Gasteiger partial charge in [0.05, 0.1) is 5.02 Å². The van der Waals surface area contributed by atoms with E-state index >= 15 is 0 Å². The zero-order valence-electron chi connectivity index (χ0n) is 14.9. The highest BCUT2D eigenvalue weighted by Crippen LogP contribution is 2.25. The van der Waals surface area contributed by atoms with Crippen molar-refractivity contribution in [2.75, 3.05) is 51.2 Å². The van der Waals surface area contributed by atoms with E-state index < -0.39 is 0 Å². The fourth-order valence-electron chi connectivity index (χ4n) is 1.91. The third kappa shape index (κ3) is 7.69. The molecule has 0 aliphatic carbocycles. The number of ether oxygens (including phenoxy) is 2. The van der Waals surface area contributed by atoms with Crippen LogP contribution in [-0.2, 0) is 9.47 Å². The van der Waals surface area contributed by atoms with Crippen LogP contribution in [0.1, 0.15) is 12.8 Å². The van der Waals surface area contributed by atoms with Crippen LogP contribution in [0, 0.1) is 0 Å². The maximum Gasteiger partial charge on any atom is 0.228 e. The molecule has 0 aliphatic heterocycles. The lowest BCUT2D eigenvalue weighted by Crippen LogP contribution is -2.13. The van der Waals surface area contributed by atoms with Crippen LogP contribution in [0.2, 0.25) is 5.02 Å². The number of halogens is 1. The smallest absolute Gasteiger partial charge is 0.228 e. The van der Waals surface area contributed by atoms with Crippen molar-refractivity contribution in [1.82, 2.24) is 19.9 Å². The largest absolute Gasteiger partial charge is 0.385 e. The second-order valence-corrected chi connectivity index (χ2v) is 6.65. The molecule has 8 nitrogen and oxygen atoms in total. The molecule has 0 saturated heterocycles. The van der Waals surface area contributed by atoms with E-state index in [-0.39, 0.29) is 0 Å². The molecule has 26 heavy (non-hydrogen) atoms. The highest BCUT2D eigenvalue weighted by molar-refractivity contribution is 7.99. The Morgan fingerprint density at radius 1 is 0.962 bits per heavy atom. The molecule has 0 aromatic carbocycles. The van der Waals surface area contributed by atoms with Crippen LogP contribution in [0.3, 0.4) is 0 Å². The van der Waals surface area contributed by atoms with Crippen molar-refractivity contribution in [2.45, 2.75) is 23.0 Å². The monoisotopic (exact) mass is 398 g/mol. The van der Waals surface area contributed by atoms with Crippen LogP contribution >= 0.6 is 23.4 Å². The molecule has 2 aromatic heterocycles. The highest BCUT2D eigenvalue weighted by atomic mass is 35.5. The molecule has 2 N–H and O–H groups in total. The van der Waals surface area contributed by atoms with E-state index in [1.54, 1.807) is 26.5 Å². The average Bonchev–Trinajstić information content (AvgIpc) is 2.64. The van der Waals surface area contributed by atoms with Crippen molar-refractivity contribution < 1.29 is 9.47 Å². The molecule has 0 amide bonds. The van der Waals surface area contributed by atoms with Gasteiger partial charge < -0.3 is 20.1 Å². The van der Waals surface area contributed by atoms with Gasteiger partial charge in [0.25, 0.3) is 0 Å². The number of hydrogen-bond donors (Lipinski definition) is 2. The summed E-state index contributed by atoms with van der Waals surface area (Å²) in [6.45, 7) is 2.78. The quantitative estimate of drug-likeness (QED) is 0.523. The van der Waals surface area contributed by atoms with E-state index in [1.165, 1.54) is 11.8 Å². The van der Waals surface area contributed by atoms with Gasteiger partial charge in [0, 0.05) is 46.7 Å². The summed E-state index contributed by atoms with van der Waals surface area (Å²) >= 11 is 7.23. The lowest BCUT2D eigenvalue weighted by atomic mass is 10.4. The number of aromatic nitrogens is 4. The SMILES string of the molecule is COCCCNc1nc(NCCCOC)nc(Sc2ccc(Cl)cn2)n1. The molecule has 2 aromatic rings. The molecule has 0 unspecified atom stereocenters. The summed E-state index contributed by atoms with van der Waals surface area (Å²) in [6, 6.07) is 3.61. The number of methoxy groups -OCH3 is 2. The first-order chi connectivity index (χ1) is 12.7. The Morgan fingerprint density at radius 2 is 1.58 bits per heavy atom. The van der Waals surface area contributed by atoms with Crippen LogP contribution < -0.4 is 10.6 Å². The number of nitrogens with zero attached hydrogens (tertiary/aromatic N) is 4.